The first kappa shape index (κ1) is 22.8. The van der Waals surface area contributed by atoms with Crippen molar-refractivity contribution in [1.29, 1.82) is 0 Å². The van der Waals surface area contributed by atoms with Crippen LogP contribution < -0.4 is 9.47 Å². The number of halogens is 3. The van der Waals surface area contributed by atoms with Crippen molar-refractivity contribution in [1.82, 2.24) is 14.9 Å². The van der Waals surface area contributed by atoms with Gasteiger partial charge in [0.15, 0.2) is 15.9 Å². The Morgan fingerprint density at radius 2 is 2.00 bits per heavy atom. The van der Waals surface area contributed by atoms with Gasteiger partial charge in [0.25, 0.3) is 5.91 Å². The van der Waals surface area contributed by atoms with E-state index in [1.807, 2.05) is 0 Å². The number of hydrogen-bond donors (Lipinski definition) is 0. The number of benzene rings is 1. The topological polar surface area (TPSA) is 98.7 Å². The van der Waals surface area contributed by atoms with Crippen LogP contribution in [-0.2, 0) is 22.8 Å². The highest BCUT2D eigenvalue weighted by Gasteiger charge is 2.39. The number of nitrogens with zero attached hydrogens (tertiary/aromatic N) is 3. The number of alkyl halides is 3. The number of carbonyl (C=O) groups is 1. The molecule has 0 spiro atoms. The first-order chi connectivity index (χ1) is 14.4. The molecule has 2 heterocycles. The van der Waals surface area contributed by atoms with Crippen LogP contribution in [0, 0.1) is 0 Å². The van der Waals surface area contributed by atoms with Gasteiger partial charge in [-0.25, -0.2) is 13.4 Å². The third-order valence-electron chi connectivity index (χ3n) is 4.76. The average molecular weight is 459 g/mol. The first-order valence-corrected chi connectivity index (χ1v) is 11.0. The van der Waals surface area contributed by atoms with Crippen molar-refractivity contribution < 1.29 is 35.9 Å². The summed E-state index contributed by atoms with van der Waals surface area (Å²) >= 11 is 0. The van der Waals surface area contributed by atoms with Crippen LogP contribution in [-0.4, -0.2) is 61.4 Å². The van der Waals surface area contributed by atoms with E-state index >= 15 is 0 Å². The van der Waals surface area contributed by atoms with Crippen LogP contribution in [0.3, 0.4) is 0 Å². The summed E-state index contributed by atoms with van der Waals surface area (Å²) in [6.07, 6.45) is -4.02. The lowest BCUT2D eigenvalue weighted by atomic mass is 10.1. The van der Waals surface area contributed by atoms with Gasteiger partial charge in [0.1, 0.15) is 5.75 Å². The van der Waals surface area contributed by atoms with Crippen molar-refractivity contribution in [2.75, 3.05) is 19.9 Å². The van der Waals surface area contributed by atoms with Crippen LogP contribution in [0.4, 0.5) is 13.2 Å². The molecule has 1 aromatic carbocycles. The Balaban J connectivity index is 1.96. The van der Waals surface area contributed by atoms with Crippen LogP contribution in [0.25, 0.3) is 0 Å². The second kappa shape index (κ2) is 8.33. The molecule has 0 N–H and O–H groups in total. The molecule has 2 aromatic rings. The summed E-state index contributed by atoms with van der Waals surface area (Å²) in [4.78, 5) is 22.6. The summed E-state index contributed by atoms with van der Waals surface area (Å²) in [7, 11) is -2.27. The normalized spacial score (nSPS) is 15.2. The molecule has 1 aliphatic rings. The Bertz CT molecular complexity index is 1110. The summed E-state index contributed by atoms with van der Waals surface area (Å²) in [5.41, 5.74) is 1.09. The highest BCUT2D eigenvalue weighted by molar-refractivity contribution is 7.90. The van der Waals surface area contributed by atoms with Crippen LogP contribution in [0.1, 0.15) is 28.5 Å². The predicted molar refractivity (Wildman–Crippen MR) is 103 cm³/mol. The van der Waals surface area contributed by atoms with E-state index in [-0.39, 0.29) is 35.3 Å². The van der Waals surface area contributed by atoms with Gasteiger partial charge in [-0.05, 0) is 25.1 Å². The molecule has 1 unspecified atom stereocenters. The zero-order chi connectivity index (χ0) is 23.0. The summed E-state index contributed by atoms with van der Waals surface area (Å²) in [5.74, 6) is -1.00. The zero-order valence-electron chi connectivity index (χ0n) is 16.9. The number of methoxy groups -OCH3 is 1. The summed E-state index contributed by atoms with van der Waals surface area (Å²) in [6.45, 7) is 1.14. The molecule has 168 valence electrons. The average Bonchev–Trinajstić information content (AvgIpc) is 2.71. The van der Waals surface area contributed by atoms with Crippen LogP contribution in [0.2, 0.25) is 0 Å². The quantitative estimate of drug-likeness (QED) is 0.677. The van der Waals surface area contributed by atoms with E-state index in [0.717, 1.165) is 31.4 Å². The van der Waals surface area contributed by atoms with Gasteiger partial charge < -0.3 is 14.4 Å². The third-order valence-corrected chi connectivity index (χ3v) is 5.87. The van der Waals surface area contributed by atoms with E-state index in [2.05, 4.69) is 9.97 Å². The maximum Gasteiger partial charge on any atom is 0.425 e. The number of hydrogen-bond acceptors (Lipinski definition) is 7. The van der Waals surface area contributed by atoms with Gasteiger partial charge in [-0.1, -0.05) is 0 Å². The molecule has 0 saturated heterocycles. The minimum atomic E-state index is -4.66. The first-order valence-electron chi connectivity index (χ1n) is 9.15. The molecule has 1 aliphatic heterocycles. The number of fused-ring (bicyclic) bond motifs is 1. The summed E-state index contributed by atoms with van der Waals surface area (Å²) in [6, 6.07) is 3.40. The van der Waals surface area contributed by atoms with Crippen LogP contribution >= 0.6 is 0 Å². The van der Waals surface area contributed by atoms with Crippen molar-refractivity contribution in [2.24, 2.45) is 0 Å². The number of aromatic nitrogens is 2. The highest BCUT2D eigenvalue weighted by Crippen LogP contribution is 2.31. The molecule has 31 heavy (non-hydrogen) atoms. The van der Waals surface area contributed by atoms with Gasteiger partial charge in [-0.15, -0.1) is 0 Å². The van der Waals surface area contributed by atoms with Crippen LogP contribution in [0.5, 0.6) is 11.8 Å². The standard InChI is InChI=1S/C19H20F3N3O5S/c1-11(19(20,21)22)30-16-5-4-13(31(3,27)28)8-14(16)17(26)25-7-6-15-12(10-25)9-23-18(24-15)29-2/h4-5,8-9,11H,6-7,10H2,1-3H3. The fourth-order valence-electron chi connectivity index (χ4n) is 3.01. The Morgan fingerprint density at radius 1 is 1.29 bits per heavy atom. The molecule has 1 atom stereocenters. The second-order valence-electron chi connectivity index (χ2n) is 7.04. The smallest absolute Gasteiger partial charge is 0.425 e. The monoisotopic (exact) mass is 459 g/mol. The van der Waals surface area contributed by atoms with Gasteiger partial charge in [0.2, 0.25) is 0 Å². The second-order valence-corrected chi connectivity index (χ2v) is 9.05. The highest BCUT2D eigenvalue weighted by atomic mass is 32.2. The minimum Gasteiger partial charge on any atom is -0.480 e. The Hall–Kier alpha value is -2.89. The number of ether oxygens (including phenoxy) is 2. The van der Waals surface area contributed by atoms with Gasteiger partial charge >= 0.3 is 12.2 Å². The predicted octanol–water partition coefficient (Wildman–Crippen LogP) is 2.42. The molecule has 0 bridgehead atoms. The van der Waals surface area contributed by atoms with Crippen molar-refractivity contribution >= 4 is 15.7 Å². The fourth-order valence-corrected chi connectivity index (χ4v) is 3.65. The third kappa shape index (κ3) is 5.06. The lowest BCUT2D eigenvalue weighted by Crippen LogP contribution is -2.37. The van der Waals surface area contributed by atoms with Crippen molar-refractivity contribution in [3.05, 3.63) is 41.2 Å². The lowest BCUT2D eigenvalue weighted by molar-refractivity contribution is -0.189. The molecule has 1 aromatic heterocycles. The Labute approximate surface area is 176 Å². The molecule has 0 aliphatic carbocycles. The number of rotatable bonds is 5. The molecular formula is C19H20F3N3O5S. The SMILES string of the molecule is COc1ncc2c(n1)CCN(C(=O)c1cc(S(C)(=O)=O)ccc1OC(C)C(F)(F)F)C2. The van der Waals surface area contributed by atoms with Crippen molar-refractivity contribution in [3.63, 3.8) is 0 Å². The molecule has 0 fully saturated rings. The maximum atomic E-state index is 13.2. The number of carbonyl (C=O) groups excluding carboxylic acids is 1. The van der Waals surface area contributed by atoms with Gasteiger partial charge in [-0.3, -0.25) is 4.79 Å². The summed E-state index contributed by atoms with van der Waals surface area (Å²) < 4.78 is 72.7. The summed E-state index contributed by atoms with van der Waals surface area (Å²) in [5, 5.41) is 0. The largest absolute Gasteiger partial charge is 0.480 e. The molecule has 8 nitrogen and oxygen atoms in total. The van der Waals surface area contributed by atoms with Crippen molar-refractivity contribution in [2.45, 2.75) is 37.1 Å². The van der Waals surface area contributed by atoms with Gasteiger partial charge in [0.05, 0.1) is 23.3 Å². The molecule has 1 amide bonds. The minimum absolute atomic E-state index is 0.107. The molecule has 12 heteroatoms. The number of amides is 1. The van der Waals surface area contributed by atoms with E-state index in [4.69, 9.17) is 9.47 Å². The van der Waals surface area contributed by atoms with E-state index in [9.17, 15) is 26.4 Å². The van der Waals surface area contributed by atoms with Crippen molar-refractivity contribution in [3.8, 4) is 11.8 Å². The lowest BCUT2D eigenvalue weighted by Gasteiger charge is -2.29. The van der Waals surface area contributed by atoms with Gasteiger partial charge in [-0.2, -0.15) is 18.2 Å². The Morgan fingerprint density at radius 3 is 2.61 bits per heavy atom. The molecule has 3 rings (SSSR count). The van der Waals surface area contributed by atoms with Gasteiger partial charge in [0, 0.05) is 37.5 Å². The van der Waals surface area contributed by atoms with E-state index in [1.54, 1.807) is 0 Å². The molecular weight excluding hydrogens is 439 g/mol. The Kier molecular flexibility index (Phi) is 6.12. The van der Waals surface area contributed by atoms with E-state index in [0.29, 0.717) is 17.7 Å². The van der Waals surface area contributed by atoms with E-state index < -0.39 is 28.0 Å². The molecule has 0 radical (unpaired) electrons. The van der Waals surface area contributed by atoms with E-state index in [1.165, 1.54) is 18.2 Å². The maximum absolute atomic E-state index is 13.2. The molecule has 0 saturated carbocycles. The zero-order valence-corrected chi connectivity index (χ0v) is 17.7. The van der Waals surface area contributed by atoms with Crippen LogP contribution in [0.15, 0.2) is 29.3 Å². The number of sulfone groups is 1. The fraction of sp³-hybridized carbons (Fsp3) is 0.421.